The van der Waals surface area contributed by atoms with Crippen molar-refractivity contribution in [1.82, 2.24) is 10.2 Å². The van der Waals surface area contributed by atoms with E-state index >= 15 is 0 Å². The van der Waals surface area contributed by atoms with E-state index in [1.807, 2.05) is 17.9 Å². The highest BCUT2D eigenvalue weighted by molar-refractivity contribution is 7.16. The summed E-state index contributed by atoms with van der Waals surface area (Å²) < 4.78 is 28.2. The zero-order valence-electron chi connectivity index (χ0n) is 17.3. The maximum Gasteiger partial charge on any atom is 0.154 e. The highest BCUT2D eigenvalue weighted by atomic mass is 31.0. The maximum atomic E-state index is 14.9. The van der Waals surface area contributed by atoms with Crippen LogP contribution in [0.1, 0.15) is 33.1 Å². The fourth-order valence-corrected chi connectivity index (χ4v) is 3.43. The van der Waals surface area contributed by atoms with E-state index in [0.29, 0.717) is 26.1 Å². The predicted octanol–water partition coefficient (Wildman–Crippen LogP) is 4.12. The van der Waals surface area contributed by atoms with Crippen molar-refractivity contribution in [3.8, 4) is 0 Å². The summed E-state index contributed by atoms with van der Waals surface area (Å²) in [5, 5.41) is 3.39. The van der Waals surface area contributed by atoms with Gasteiger partial charge >= 0.3 is 0 Å². The minimum absolute atomic E-state index is 0.269. The second-order valence-corrected chi connectivity index (χ2v) is 7.52. The van der Waals surface area contributed by atoms with Crippen LogP contribution in [-0.4, -0.2) is 68.6 Å². The Labute approximate surface area is 171 Å². The molecular weight excluding hydrogens is 377 g/mol. The molecule has 158 valence electrons. The second kappa shape index (κ2) is 12.9. The lowest BCUT2D eigenvalue weighted by molar-refractivity contribution is -0.0213. The molecule has 1 saturated heterocycles. The number of allylic oxidation sites excluding steroid dienone is 1. The molecule has 3 unspecified atom stereocenters. The van der Waals surface area contributed by atoms with Crippen molar-refractivity contribution >= 4 is 22.2 Å². The van der Waals surface area contributed by atoms with E-state index in [2.05, 4.69) is 37.8 Å². The molecule has 0 saturated carbocycles. The normalized spacial score (nSPS) is 24.5. The zero-order valence-corrected chi connectivity index (χ0v) is 18.4. The first-order valence-corrected chi connectivity index (χ1v) is 10.7. The highest BCUT2D eigenvalue weighted by Crippen LogP contribution is 2.32. The van der Waals surface area contributed by atoms with Gasteiger partial charge in [-0.1, -0.05) is 19.6 Å². The average molecular weight is 413 g/mol. The molecule has 7 heteroatoms. The third-order valence-corrected chi connectivity index (χ3v) is 5.52. The Morgan fingerprint density at radius 2 is 2.21 bits per heavy atom. The molecule has 1 aliphatic heterocycles. The molecule has 0 bridgehead atoms. The molecule has 4 nitrogen and oxygen atoms in total. The van der Waals surface area contributed by atoms with Crippen LogP contribution in [0.15, 0.2) is 45.7 Å². The Bertz CT molecular complexity index is 603. The van der Waals surface area contributed by atoms with E-state index in [1.165, 1.54) is 0 Å². The topological polar surface area (TPSA) is 40.0 Å². The molecule has 0 spiro atoms. The molecule has 0 aliphatic carbocycles. The highest BCUT2D eigenvalue weighted by Gasteiger charge is 2.42. The number of halogens is 2. The van der Waals surface area contributed by atoms with E-state index in [1.54, 1.807) is 19.3 Å². The van der Waals surface area contributed by atoms with Crippen LogP contribution in [-0.2, 0) is 0 Å². The molecule has 0 aromatic rings. The van der Waals surface area contributed by atoms with Crippen LogP contribution in [0.4, 0.5) is 8.78 Å². The van der Waals surface area contributed by atoms with Crippen LogP contribution in [0.5, 0.6) is 0 Å². The molecular formula is C21H35F2N4P. The number of nitrogens with one attached hydrogen (secondary N) is 1. The van der Waals surface area contributed by atoms with Gasteiger partial charge in [0.15, 0.2) is 5.67 Å². The van der Waals surface area contributed by atoms with E-state index in [9.17, 15) is 8.78 Å². The van der Waals surface area contributed by atoms with Gasteiger partial charge in [-0.15, -0.1) is 9.24 Å². The van der Waals surface area contributed by atoms with Crippen molar-refractivity contribution < 1.29 is 8.78 Å². The van der Waals surface area contributed by atoms with Gasteiger partial charge in [-0.05, 0) is 56.8 Å². The predicted molar refractivity (Wildman–Crippen MR) is 121 cm³/mol. The van der Waals surface area contributed by atoms with Crippen LogP contribution in [0.3, 0.4) is 0 Å². The maximum absolute atomic E-state index is 14.9. The lowest BCUT2D eigenvalue weighted by atomic mass is 9.88. The van der Waals surface area contributed by atoms with Crippen LogP contribution < -0.4 is 5.32 Å². The number of alkyl halides is 2. The fourth-order valence-electron chi connectivity index (χ4n) is 3.31. The monoisotopic (exact) mass is 412 g/mol. The quantitative estimate of drug-likeness (QED) is 0.298. The summed E-state index contributed by atoms with van der Waals surface area (Å²) in [6.07, 6.45) is 8.03. The molecule has 0 radical (unpaired) electrons. The molecule has 28 heavy (non-hydrogen) atoms. The number of piperidine rings is 1. The van der Waals surface area contributed by atoms with E-state index in [-0.39, 0.29) is 6.42 Å². The Morgan fingerprint density at radius 1 is 1.46 bits per heavy atom. The van der Waals surface area contributed by atoms with Gasteiger partial charge in [-0.3, -0.25) is 14.9 Å². The Morgan fingerprint density at radius 3 is 2.82 bits per heavy atom. The third kappa shape index (κ3) is 7.21. The van der Waals surface area contributed by atoms with Crippen molar-refractivity contribution in [1.29, 1.82) is 0 Å². The number of nitrogens with zero attached hydrogens (tertiary/aromatic N) is 3. The Hall–Kier alpha value is -1.39. The lowest BCUT2D eigenvalue weighted by Gasteiger charge is -2.43. The first kappa shape index (κ1) is 24.6. The summed E-state index contributed by atoms with van der Waals surface area (Å²) in [5.41, 5.74) is 1.09. The van der Waals surface area contributed by atoms with Gasteiger partial charge < -0.3 is 5.32 Å². The van der Waals surface area contributed by atoms with Crippen molar-refractivity contribution in [3.63, 3.8) is 0 Å². The largest absolute Gasteiger partial charge is 0.382 e. The van der Waals surface area contributed by atoms with Gasteiger partial charge in [0.05, 0.1) is 13.1 Å². The van der Waals surface area contributed by atoms with Crippen LogP contribution in [0, 0.1) is 0 Å². The molecule has 3 atom stereocenters. The van der Waals surface area contributed by atoms with Crippen LogP contribution in [0.25, 0.3) is 0 Å². The summed E-state index contributed by atoms with van der Waals surface area (Å²) >= 11 is 0. The molecule has 1 rings (SSSR count). The summed E-state index contributed by atoms with van der Waals surface area (Å²) in [6.45, 7) is 12.8. The van der Waals surface area contributed by atoms with Gasteiger partial charge in [0.2, 0.25) is 0 Å². The number of rotatable bonds is 12. The zero-order chi connectivity index (χ0) is 21.0. The molecule has 0 amide bonds. The second-order valence-electron chi connectivity index (χ2n) is 7.05. The van der Waals surface area contributed by atoms with Gasteiger partial charge in [0.1, 0.15) is 6.67 Å². The van der Waals surface area contributed by atoms with Gasteiger partial charge in [-0.25, -0.2) is 8.78 Å². The van der Waals surface area contributed by atoms with Crippen LogP contribution in [0.2, 0.25) is 0 Å². The molecule has 1 aliphatic rings. The van der Waals surface area contributed by atoms with Crippen molar-refractivity contribution in [3.05, 3.63) is 35.7 Å². The Balaban J connectivity index is 3.05. The number of hydrogen-bond acceptors (Lipinski definition) is 4. The number of likely N-dealkylation sites (tertiary alicyclic amines) is 1. The molecule has 1 heterocycles. The van der Waals surface area contributed by atoms with E-state index in [0.717, 1.165) is 36.0 Å². The molecule has 1 fully saturated rings. The van der Waals surface area contributed by atoms with Crippen molar-refractivity contribution in [2.24, 2.45) is 9.98 Å². The summed E-state index contributed by atoms with van der Waals surface area (Å²) in [7, 11) is 2.61. The lowest BCUT2D eigenvalue weighted by Crippen LogP contribution is -2.55. The molecule has 0 aromatic carbocycles. The van der Waals surface area contributed by atoms with Gasteiger partial charge in [0.25, 0.3) is 0 Å². The first-order chi connectivity index (χ1) is 13.4. The third-order valence-electron chi connectivity index (χ3n) is 5.24. The summed E-state index contributed by atoms with van der Waals surface area (Å²) in [6, 6.07) is -0.491. The van der Waals surface area contributed by atoms with E-state index < -0.39 is 18.4 Å². The first-order valence-electron chi connectivity index (χ1n) is 9.85. The summed E-state index contributed by atoms with van der Waals surface area (Å²) in [4.78, 5) is 10.3. The number of aliphatic imine (C=N–C) groups is 2. The fraction of sp³-hybridized carbons (Fsp3) is 0.619. The minimum Gasteiger partial charge on any atom is -0.382 e. The average Bonchev–Trinajstić information content (AvgIpc) is 2.70. The van der Waals surface area contributed by atoms with E-state index in [4.69, 9.17) is 0 Å². The smallest absolute Gasteiger partial charge is 0.154 e. The summed E-state index contributed by atoms with van der Waals surface area (Å²) in [5.74, 6) is 0. The number of hydrogen-bond donors (Lipinski definition) is 1. The van der Waals surface area contributed by atoms with Gasteiger partial charge in [-0.2, -0.15) is 0 Å². The standard InChI is InChI=1S/C21H35F2N4P/c1-5-17(2)19(14-24-4)20(26-11-10-25-9-7-13-28)15-27-12-6-8-21(23,16-22)18(27)3/h7,9-10,18,26H,2,4-6,8,11-16,28H2,1,3H3/b9-7-,20-19+,25-10+. The molecule has 1 N–H and O–H groups in total. The van der Waals surface area contributed by atoms with Crippen molar-refractivity contribution in [2.75, 3.05) is 39.0 Å². The molecule has 0 aromatic heterocycles. The SMILES string of the molecule is C=NC/C(C(=C)CC)=C(/CN1CCCC(F)(CF)C1C)NC/C=N/C=C\CP. The minimum atomic E-state index is -1.79. The van der Waals surface area contributed by atoms with Gasteiger partial charge in [0, 0.05) is 30.7 Å². The Kier molecular flexibility index (Phi) is 11.4. The van der Waals surface area contributed by atoms with Crippen LogP contribution >= 0.6 is 9.24 Å². The van der Waals surface area contributed by atoms with Crippen molar-refractivity contribution in [2.45, 2.75) is 44.8 Å².